The summed E-state index contributed by atoms with van der Waals surface area (Å²) in [5.74, 6) is 0.0908. The van der Waals surface area contributed by atoms with E-state index in [-0.39, 0.29) is 17.4 Å². The molecule has 0 bridgehead atoms. The van der Waals surface area contributed by atoms with E-state index in [4.69, 9.17) is 5.73 Å². The number of likely N-dealkylation sites (N-methyl/N-ethyl adjacent to an activating group) is 1. The lowest BCUT2D eigenvalue weighted by molar-refractivity contribution is -0.139. The predicted octanol–water partition coefficient (Wildman–Crippen LogP) is 0.522. The second-order valence-electron chi connectivity index (χ2n) is 5.99. The summed E-state index contributed by atoms with van der Waals surface area (Å²) in [6.45, 7) is 10.8. The largest absolute Gasteiger partial charge is 0.336 e. The van der Waals surface area contributed by atoms with Gasteiger partial charge < -0.3 is 15.5 Å². The maximum atomic E-state index is 12.2. The molecule has 0 aromatic carbocycles. The summed E-state index contributed by atoms with van der Waals surface area (Å²) in [5, 5.41) is 0. The molecule has 4 heteroatoms. The fraction of sp³-hybridized carbons (Fsp3) is 0.917. The van der Waals surface area contributed by atoms with E-state index >= 15 is 0 Å². The Kier molecular flexibility index (Phi) is 3.97. The molecule has 0 saturated carbocycles. The summed E-state index contributed by atoms with van der Waals surface area (Å²) in [6, 6.07) is -0.141. The lowest BCUT2D eigenvalue weighted by Gasteiger charge is -2.41. The molecule has 0 spiro atoms. The third-order valence-electron chi connectivity index (χ3n) is 3.31. The predicted molar refractivity (Wildman–Crippen MR) is 66.1 cm³/mol. The van der Waals surface area contributed by atoms with Crippen LogP contribution in [0.5, 0.6) is 0 Å². The Hall–Kier alpha value is -0.610. The van der Waals surface area contributed by atoms with Crippen molar-refractivity contribution >= 4 is 5.91 Å². The van der Waals surface area contributed by atoms with Gasteiger partial charge in [0.25, 0.3) is 0 Å². The van der Waals surface area contributed by atoms with Crippen molar-refractivity contribution in [3.05, 3.63) is 0 Å². The number of nitrogens with zero attached hydrogens (tertiary/aromatic N) is 2. The summed E-state index contributed by atoms with van der Waals surface area (Å²) in [7, 11) is 2.09. The lowest BCUT2D eigenvalue weighted by Crippen LogP contribution is -2.59. The SMILES string of the molecule is CC1CN(C)CCN1C(=O)C(N)C(C)(C)C. The molecule has 2 unspecified atom stereocenters. The van der Waals surface area contributed by atoms with Gasteiger partial charge in [0.2, 0.25) is 5.91 Å². The van der Waals surface area contributed by atoms with Gasteiger partial charge >= 0.3 is 0 Å². The van der Waals surface area contributed by atoms with Gasteiger partial charge in [-0.1, -0.05) is 20.8 Å². The highest BCUT2D eigenvalue weighted by Gasteiger charge is 2.34. The topological polar surface area (TPSA) is 49.6 Å². The Morgan fingerprint density at radius 3 is 2.38 bits per heavy atom. The van der Waals surface area contributed by atoms with E-state index in [0.29, 0.717) is 0 Å². The Morgan fingerprint density at radius 1 is 1.38 bits per heavy atom. The van der Waals surface area contributed by atoms with Crippen LogP contribution in [0.3, 0.4) is 0 Å². The second-order valence-corrected chi connectivity index (χ2v) is 5.99. The quantitative estimate of drug-likeness (QED) is 0.710. The van der Waals surface area contributed by atoms with E-state index in [1.165, 1.54) is 0 Å². The number of nitrogens with two attached hydrogens (primary N) is 1. The number of hydrogen-bond donors (Lipinski definition) is 1. The standard InChI is InChI=1S/C12H25N3O/c1-9-8-14(5)6-7-15(9)11(16)10(13)12(2,3)4/h9-10H,6-8,13H2,1-5H3. The Labute approximate surface area is 98.8 Å². The number of piperazine rings is 1. The van der Waals surface area contributed by atoms with Crippen LogP contribution in [-0.2, 0) is 4.79 Å². The Morgan fingerprint density at radius 2 is 1.94 bits per heavy atom. The molecule has 0 aromatic rings. The van der Waals surface area contributed by atoms with Crippen molar-refractivity contribution in [2.45, 2.75) is 39.8 Å². The molecule has 1 saturated heterocycles. The van der Waals surface area contributed by atoms with Crippen LogP contribution in [0.2, 0.25) is 0 Å². The summed E-state index contributed by atoms with van der Waals surface area (Å²) in [4.78, 5) is 16.4. The molecule has 0 radical (unpaired) electrons. The first-order valence-electron chi connectivity index (χ1n) is 5.98. The lowest BCUT2D eigenvalue weighted by atomic mass is 9.86. The number of carbonyl (C=O) groups is 1. The summed E-state index contributed by atoms with van der Waals surface area (Å²) >= 11 is 0. The van der Waals surface area contributed by atoms with Crippen LogP contribution >= 0.6 is 0 Å². The smallest absolute Gasteiger partial charge is 0.240 e. The zero-order valence-corrected chi connectivity index (χ0v) is 11.2. The zero-order chi connectivity index (χ0) is 12.5. The van der Waals surface area contributed by atoms with Crippen molar-refractivity contribution in [3.8, 4) is 0 Å². The van der Waals surface area contributed by atoms with Crippen LogP contribution in [0.15, 0.2) is 0 Å². The number of carbonyl (C=O) groups excluding carboxylic acids is 1. The fourth-order valence-corrected chi connectivity index (χ4v) is 2.02. The molecule has 1 amide bonds. The molecule has 1 fully saturated rings. The molecule has 1 heterocycles. The first-order chi connectivity index (χ1) is 7.23. The minimum atomic E-state index is -0.404. The van der Waals surface area contributed by atoms with Crippen LogP contribution in [0.4, 0.5) is 0 Å². The van der Waals surface area contributed by atoms with Gasteiger partial charge in [-0.2, -0.15) is 0 Å². The number of rotatable bonds is 1. The molecule has 0 aliphatic carbocycles. The van der Waals surface area contributed by atoms with Crippen molar-refractivity contribution in [1.82, 2.24) is 9.80 Å². The highest BCUT2D eigenvalue weighted by Crippen LogP contribution is 2.21. The van der Waals surface area contributed by atoms with Gasteiger partial charge in [-0.15, -0.1) is 0 Å². The number of amides is 1. The highest BCUT2D eigenvalue weighted by molar-refractivity contribution is 5.82. The van der Waals surface area contributed by atoms with E-state index < -0.39 is 6.04 Å². The first-order valence-corrected chi connectivity index (χ1v) is 5.98. The fourth-order valence-electron chi connectivity index (χ4n) is 2.02. The summed E-state index contributed by atoms with van der Waals surface area (Å²) in [5.41, 5.74) is 5.85. The average molecular weight is 227 g/mol. The van der Waals surface area contributed by atoms with Crippen LogP contribution in [-0.4, -0.2) is 54.5 Å². The molecule has 2 atom stereocenters. The Balaban J connectivity index is 2.67. The average Bonchev–Trinajstić information content (AvgIpc) is 2.14. The molecule has 16 heavy (non-hydrogen) atoms. The summed E-state index contributed by atoms with van der Waals surface area (Å²) < 4.78 is 0. The van der Waals surface area contributed by atoms with E-state index in [0.717, 1.165) is 19.6 Å². The zero-order valence-electron chi connectivity index (χ0n) is 11.2. The monoisotopic (exact) mass is 227 g/mol. The maximum Gasteiger partial charge on any atom is 0.240 e. The molecular weight excluding hydrogens is 202 g/mol. The van der Waals surface area contributed by atoms with E-state index in [1.54, 1.807) is 0 Å². The minimum Gasteiger partial charge on any atom is -0.336 e. The molecule has 2 N–H and O–H groups in total. The van der Waals surface area contributed by atoms with Gasteiger partial charge in [0, 0.05) is 25.7 Å². The van der Waals surface area contributed by atoms with Crippen LogP contribution in [0, 0.1) is 5.41 Å². The van der Waals surface area contributed by atoms with Gasteiger partial charge in [-0.25, -0.2) is 0 Å². The van der Waals surface area contributed by atoms with Gasteiger partial charge in [0.15, 0.2) is 0 Å². The molecular formula is C12H25N3O. The van der Waals surface area contributed by atoms with E-state index in [2.05, 4.69) is 18.9 Å². The summed E-state index contributed by atoms with van der Waals surface area (Å²) in [6.07, 6.45) is 0. The van der Waals surface area contributed by atoms with Crippen LogP contribution in [0.25, 0.3) is 0 Å². The van der Waals surface area contributed by atoms with E-state index in [9.17, 15) is 4.79 Å². The first kappa shape index (κ1) is 13.5. The van der Waals surface area contributed by atoms with Crippen molar-refractivity contribution in [3.63, 3.8) is 0 Å². The van der Waals surface area contributed by atoms with Crippen molar-refractivity contribution in [1.29, 1.82) is 0 Å². The van der Waals surface area contributed by atoms with Crippen molar-refractivity contribution < 1.29 is 4.79 Å². The molecule has 1 aliphatic heterocycles. The minimum absolute atomic E-state index is 0.0908. The normalized spacial score (nSPS) is 25.6. The third kappa shape index (κ3) is 2.95. The van der Waals surface area contributed by atoms with Crippen LogP contribution < -0.4 is 5.73 Å². The Bertz CT molecular complexity index is 259. The van der Waals surface area contributed by atoms with Gasteiger partial charge in [-0.3, -0.25) is 4.79 Å². The van der Waals surface area contributed by atoms with Crippen molar-refractivity contribution in [2.75, 3.05) is 26.7 Å². The van der Waals surface area contributed by atoms with Gasteiger partial charge in [0.05, 0.1) is 6.04 Å². The molecule has 94 valence electrons. The molecule has 1 rings (SSSR count). The molecule has 0 aromatic heterocycles. The number of hydrogen-bond acceptors (Lipinski definition) is 3. The highest BCUT2D eigenvalue weighted by atomic mass is 16.2. The van der Waals surface area contributed by atoms with Crippen LogP contribution in [0.1, 0.15) is 27.7 Å². The van der Waals surface area contributed by atoms with E-state index in [1.807, 2.05) is 25.7 Å². The second kappa shape index (κ2) is 4.72. The molecule has 1 aliphatic rings. The molecule has 4 nitrogen and oxygen atoms in total. The third-order valence-corrected chi connectivity index (χ3v) is 3.31. The van der Waals surface area contributed by atoms with Gasteiger partial charge in [0.1, 0.15) is 0 Å². The van der Waals surface area contributed by atoms with Gasteiger partial charge in [-0.05, 0) is 19.4 Å². The van der Waals surface area contributed by atoms with Crippen molar-refractivity contribution in [2.24, 2.45) is 11.1 Å². The maximum absolute atomic E-state index is 12.2.